The molecule has 0 aliphatic heterocycles. The second-order valence-corrected chi connectivity index (χ2v) is 6.16. The van der Waals surface area contributed by atoms with Gasteiger partial charge in [0, 0.05) is 10.7 Å². The number of aromatic amines is 1. The SMILES string of the molecule is Nc1nc2c(Br)c(S(=O)(=O)Cl)ccc2[nH]1. The third kappa shape index (κ3) is 1.82. The number of halogens is 2. The molecule has 8 heteroatoms. The van der Waals surface area contributed by atoms with Crippen LogP contribution in [0.15, 0.2) is 21.5 Å². The Labute approximate surface area is 98.2 Å². The fourth-order valence-corrected chi connectivity index (χ4v) is 3.51. The van der Waals surface area contributed by atoms with Crippen molar-refractivity contribution in [2.75, 3.05) is 5.73 Å². The molecular weight excluding hydrogens is 306 g/mol. The average Bonchev–Trinajstić information content (AvgIpc) is 2.44. The van der Waals surface area contributed by atoms with Crippen LogP contribution in [0.2, 0.25) is 0 Å². The Balaban J connectivity index is 2.87. The van der Waals surface area contributed by atoms with E-state index in [2.05, 4.69) is 25.9 Å². The summed E-state index contributed by atoms with van der Waals surface area (Å²) in [6, 6.07) is 2.94. The number of nitrogen functional groups attached to an aromatic ring is 1. The number of imidazole rings is 1. The zero-order chi connectivity index (χ0) is 11.2. The van der Waals surface area contributed by atoms with Crippen LogP contribution < -0.4 is 5.73 Å². The van der Waals surface area contributed by atoms with E-state index in [1.165, 1.54) is 6.07 Å². The molecule has 0 aliphatic rings. The second-order valence-electron chi connectivity index (χ2n) is 2.83. The van der Waals surface area contributed by atoms with E-state index in [0.29, 0.717) is 15.5 Å². The highest BCUT2D eigenvalue weighted by Gasteiger charge is 2.18. The quantitative estimate of drug-likeness (QED) is 0.787. The molecule has 15 heavy (non-hydrogen) atoms. The zero-order valence-corrected chi connectivity index (χ0v) is 10.3. The number of benzene rings is 1. The van der Waals surface area contributed by atoms with Crippen LogP contribution in [0.3, 0.4) is 0 Å². The molecule has 1 aromatic heterocycles. The van der Waals surface area contributed by atoms with E-state index in [4.69, 9.17) is 16.4 Å². The van der Waals surface area contributed by atoms with Gasteiger partial charge >= 0.3 is 0 Å². The number of H-pyrrole nitrogens is 1. The molecule has 0 radical (unpaired) electrons. The van der Waals surface area contributed by atoms with Gasteiger partial charge in [0.2, 0.25) is 0 Å². The maximum Gasteiger partial charge on any atom is 0.262 e. The number of nitrogens with one attached hydrogen (secondary N) is 1. The van der Waals surface area contributed by atoms with Crippen molar-refractivity contribution in [3.8, 4) is 0 Å². The van der Waals surface area contributed by atoms with Gasteiger partial charge in [-0.3, -0.25) is 0 Å². The molecule has 0 atom stereocenters. The minimum Gasteiger partial charge on any atom is -0.369 e. The van der Waals surface area contributed by atoms with Crippen LogP contribution in [0.25, 0.3) is 11.0 Å². The Bertz CT molecular complexity index is 637. The van der Waals surface area contributed by atoms with Crippen molar-refractivity contribution < 1.29 is 8.42 Å². The molecule has 3 N–H and O–H groups in total. The van der Waals surface area contributed by atoms with E-state index < -0.39 is 9.05 Å². The fraction of sp³-hybridized carbons (Fsp3) is 0. The van der Waals surface area contributed by atoms with Crippen molar-refractivity contribution in [2.45, 2.75) is 4.90 Å². The van der Waals surface area contributed by atoms with Gasteiger partial charge < -0.3 is 10.7 Å². The molecule has 80 valence electrons. The number of anilines is 1. The van der Waals surface area contributed by atoms with Gasteiger partial charge in [-0.05, 0) is 28.1 Å². The van der Waals surface area contributed by atoms with Crippen LogP contribution in [0.4, 0.5) is 5.95 Å². The fourth-order valence-electron chi connectivity index (χ4n) is 1.23. The number of hydrogen-bond acceptors (Lipinski definition) is 4. The first-order chi connectivity index (χ1) is 6.89. The van der Waals surface area contributed by atoms with Gasteiger partial charge in [-0.1, -0.05) is 0 Å². The molecule has 1 heterocycles. The van der Waals surface area contributed by atoms with Gasteiger partial charge in [0.1, 0.15) is 5.52 Å². The number of nitrogens with two attached hydrogens (primary N) is 1. The summed E-state index contributed by atoms with van der Waals surface area (Å²) in [7, 11) is 1.46. The van der Waals surface area contributed by atoms with Gasteiger partial charge in [0.05, 0.1) is 14.9 Å². The monoisotopic (exact) mass is 309 g/mol. The van der Waals surface area contributed by atoms with Crippen LogP contribution in [-0.4, -0.2) is 18.4 Å². The molecule has 0 saturated carbocycles. The van der Waals surface area contributed by atoms with Crippen molar-refractivity contribution in [1.29, 1.82) is 0 Å². The lowest BCUT2D eigenvalue weighted by atomic mass is 10.3. The summed E-state index contributed by atoms with van der Waals surface area (Å²) in [4.78, 5) is 6.69. The Kier molecular flexibility index (Phi) is 2.40. The van der Waals surface area contributed by atoms with Crippen LogP contribution in [0, 0.1) is 0 Å². The Hall–Kier alpha value is -0.790. The number of nitrogens with zero attached hydrogens (tertiary/aromatic N) is 1. The lowest BCUT2D eigenvalue weighted by molar-refractivity contribution is 0.609. The van der Waals surface area contributed by atoms with Crippen molar-refractivity contribution >= 4 is 52.6 Å². The number of fused-ring (bicyclic) bond motifs is 1. The average molecular weight is 311 g/mol. The standard InChI is InChI=1S/C7H5BrClN3O2S/c8-5-4(15(9,13)14)2-1-3-6(5)12-7(10)11-3/h1-2H,(H3,10,11,12). The molecule has 0 aliphatic carbocycles. The van der Waals surface area contributed by atoms with E-state index in [9.17, 15) is 8.42 Å². The molecule has 5 nitrogen and oxygen atoms in total. The van der Waals surface area contributed by atoms with Crippen LogP contribution in [0.1, 0.15) is 0 Å². The third-order valence-electron chi connectivity index (χ3n) is 1.84. The smallest absolute Gasteiger partial charge is 0.262 e. The molecule has 2 rings (SSSR count). The topological polar surface area (TPSA) is 88.8 Å². The van der Waals surface area contributed by atoms with Gasteiger partial charge in [0.15, 0.2) is 5.95 Å². The normalized spacial score (nSPS) is 12.1. The van der Waals surface area contributed by atoms with Crippen LogP contribution in [-0.2, 0) is 9.05 Å². The first-order valence-corrected chi connectivity index (χ1v) is 6.88. The van der Waals surface area contributed by atoms with Crippen LogP contribution in [0.5, 0.6) is 0 Å². The minimum atomic E-state index is -3.79. The van der Waals surface area contributed by atoms with Gasteiger partial charge in [0.25, 0.3) is 9.05 Å². The van der Waals surface area contributed by atoms with E-state index in [-0.39, 0.29) is 10.8 Å². The van der Waals surface area contributed by atoms with E-state index >= 15 is 0 Å². The molecule has 0 fully saturated rings. The van der Waals surface area contributed by atoms with E-state index in [1.807, 2.05) is 0 Å². The summed E-state index contributed by atoms with van der Waals surface area (Å²) in [6.07, 6.45) is 0. The highest BCUT2D eigenvalue weighted by molar-refractivity contribution is 9.10. The zero-order valence-electron chi connectivity index (χ0n) is 7.16. The summed E-state index contributed by atoms with van der Waals surface area (Å²) in [6.45, 7) is 0. The third-order valence-corrected chi connectivity index (χ3v) is 4.27. The van der Waals surface area contributed by atoms with Gasteiger partial charge in [-0.2, -0.15) is 0 Å². The van der Waals surface area contributed by atoms with Crippen LogP contribution >= 0.6 is 26.6 Å². The van der Waals surface area contributed by atoms with Crippen molar-refractivity contribution in [2.24, 2.45) is 0 Å². The molecule has 2 aromatic rings. The predicted molar refractivity (Wildman–Crippen MR) is 61.2 cm³/mol. The largest absolute Gasteiger partial charge is 0.369 e. The lowest BCUT2D eigenvalue weighted by Gasteiger charge is -1.99. The molecule has 0 unspecified atom stereocenters. The Morgan fingerprint density at radius 2 is 2.13 bits per heavy atom. The summed E-state index contributed by atoms with van der Waals surface area (Å²) in [5.74, 6) is 0.217. The van der Waals surface area contributed by atoms with Crippen molar-refractivity contribution in [3.05, 3.63) is 16.6 Å². The summed E-state index contributed by atoms with van der Waals surface area (Å²) >= 11 is 3.13. The summed E-state index contributed by atoms with van der Waals surface area (Å²) < 4.78 is 22.6. The summed E-state index contributed by atoms with van der Waals surface area (Å²) in [5.41, 5.74) is 6.53. The molecular formula is C7H5BrClN3O2S. The molecule has 0 bridgehead atoms. The van der Waals surface area contributed by atoms with E-state index in [1.54, 1.807) is 6.07 Å². The highest BCUT2D eigenvalue weighted by Crippen LogP contribution is 2.31. The molecule has 1 aromatic carbocycles. The number of hydrogen-bond donors (Lipinski definition) is 2. The first-order valence-electron chi connectivity index (χ1n) is 3.78. The van der Waals surface area contributed by atoms with Crippen molar-refractivity contribution in [3.63, 3.8) is 0 Å². The Morgan fingerprint density at radius 3 is 2.73 bits per heavy atom. The Morgan fingerprint density at radius 1 is 1.47 bits per heavy atom. The summed E-state index contributed by atoms with van der Waals surface area (Å²) in [5, 5.41) is 0. The lowest BCUT2D eigenvalue weighted by Crippen LogP contribution is -1.92. The van der Waals surface area contributed by atoms with E-state index in [0.717, 1.165) is 0 Å². The number of rotatable bonds is 1. The maximum atomic E-state index is 11.2. The van der Waals surface area contributed by atoms with Crippen molar-refractivity contribution in [1.82, 2.24) is 9.97 Å². The maximum absolute atomic E-state index is 11.2. The molecule has 0 amide bonds. The van der Waals surface area contributed by atoms with Gasteiger partial charge in [-0.15, -0.1) is 0 Å². The molecule has 0 saturated heterocycles. The predicted octanol–water partition coefficient (Wildman–Crippen LogP) is 1.84. The number of aromatic nitrogens is 2. The highest BCUT2D eigenvalue weighted by atomic mass is 79.9. The minimum absolute atomic E-state index is 0.0248. The first kappa shape index (κ1) is 10.7. The van der Waals surface area contributed by atoms with Gasteiger partial charge in [-0.25, -0.2) is 13.4 Å². The second kappa shape index (κ2) is 3.36. The molecule has 0 spiro atoms.